The summed E-state index contributed by atoms with van der Waals surface area (Å²) in [4.78, 5) is 1.93. The van der Waals surface area contributed by atoms with Crippen LogP contribution < -0.4 is 15.4 Å². The van der Waals surface area contributed by atoms with Gasteiger partial charge in [0.05, 0.1) is 18.5 Å². The van der Waals surface area contributed by atoms with Crippen molar-refractivity contribution in [3.05, 3.63) is 17.9 Å². The van der Waals surface area contributed by atoms with Gasteiger partial charge in [0, 0.05) is 25.7 Å². The molecule has 1 saturated carbocycles. The Balaban J connectivity index is 2.23. The number of methoxy groups -OCH3 is 1. The summed E-state index contributed by atoms with van der Waals surface area (Å²) in [7, 11) is 3.43. The van der Waals surface area contributed by atoms with E-state index >= 15 is 0 Å². The summed E-state index contributed by atoms with van der Waals surface area (Å²) >= 11 is 0. The van der Waals surface area contributed by atoms with Gasteiger partial charge in [-0.15, -0.1) is 0 Å². The highest BCUT2D eigenvalue weighted by Gasteiger charge is 2.24. The summed E-state index contributed by atoms with van der Waals surface area (Å²) in [5.41, 5.74) is 6.52. The van der Waals surface area contributed by atoms with E-state index in [-0.39, 0.29) is 5.82 Å². The Morgan fingerprint density at radius 2 is 2.19 bits per heavy atom. The van der Waals surface area contributed by atoms with E-state index in [4.69, 9.17) is 10.5 Å². The Kier molecular flexibility index (Phi) is 2.90. The van der Waals surface area contributed by atoms with E-state index in [9.17, 15) is 4.39 Å². The van der Waals surface area contributed by atoms with Crippen molar-refractivity contribution in [3.8, 4) is 5.75 Å². The average Bonchev–Trinajstić information content (AvgIpc) is 3.01. The lowest BCUT2D eigenvalue weighted by Gasteiger charge is -2.21. The first-order chi connectivity index (χ1) is 7.61. The maximum absolute atomic E-state index is 13.7. The SMILES string of the molecule is COc1cc(N(C)CC2CC2)c(F)cc1N. The van der Waals surface area contributed by atoms with Crippen molar-refractivity contribution in [1.82, 2.24) is 0 Å². The standard InChI is InChI=1S/C12H17FN2O/c1-15(7-8-3-4-8)11-6-12(16-2)10(14)5-9(11)13/h5-6,8H,3-4,7,14H2,1-2H3. The lowest BCUT2D eigenvalue weighted by Crippen LogP contribution is -2.21. The highest BCUT2D eigenvalue weighted by molar-refractivity contribution is 5.63. The summed E-state index contributed by atoms with van der Waals surface area (Å²) in [6.07, 6.45) is 2.50. The molecule has 0 saturated heterocycles. The van der Waals surface area contributed by atoms with Gasteiger partial charge in [-0.2, -0.15) is 0 Å². The van der Waals surface area contributed by atoms with Crippen LogP contribution in [0.25, 0.3) is 0 Å². The molecule has 0 atom stereocenters. The first-order valence-corrected chi connectivity index (χ1v) is 5.46. The van der Waals surface area contributed by atoms with Crippen molar-refractivity contribution in [2.75, 3.05) is 31.3 Å². The molecule has 0 amide bonds. The van der Waals surface area contributed by atoms with Crippen molar-refractivity contribution in [3.63, 3.8) is 0 Å². The second-order valence-corrected chi connectivity index (χ2v) is 4.37. The van der Waals surface area contributed by atoms with Gasteiger partial charge < -0.3 is 15.4 Å². The molecule has 0 spiro atoms. The second kappa shape index (κ2) is 4.20. The maximum atomic E-state index is 13.7. The Hall–Kier alpha value is -1.45. The highest BCUT2D eigenvalue weighted by atomic mass is 19.1. The van der Waals surface area contributed by atoms with Crippen LogP contribution in [0.2, 0.25) is 0 Å². The summed E-state index contributed by atoms with van der Waals surface area (Å²) in [5.74, 6) is 0.952. The van der Waals surface area contributed by atoms with Gasteiger partial charge in [0.2, 0.25) is 0 Å². The zero-order valence-corrected chi connectivity index (χ0v) is 9.66. The fourth-order valence-corrected chi connectivity index (χ4v) is 1.81. The first-order valence-electron chi connectivity index (χ1n) is 5.46. The average molecular weight is 224 g/mol. The fourth-order valence-electron chi connectivity index (χ4n) is 1.81. The molecule has 1 aromatic rings. The van der Waals surface area contributed by atoms with Gasteiger partial charge in [0.15, 0.2) is 0 Å². The van der Waals surface area contributed by atoms with Crippen LogP contribution in [0.15, 0.2) is 12.1 Å². The molecule has 0 aliphatic heterocycles. The molecule has 1 aliphatic rings. The van der Waals surface area contributed by atoms with Crippen LogP contribution >= 0.6 is 0 Å². The smallest absolute Gasteiger partial charge is 0.148 e. The van der Waals surface area contributed by atoms with Crippen LogP contribution in [0.3, 0.4) is 0 Å². The molecule has 0 heterocycles. The first kappa shape index (κ1) is 11.0. The van der Waals surface area contributed by atoms with Crippen molar-refractivity contribution < 1.29 is 9.13 Å². The molecular formula is C12H17FN2O. The highest BCUT2D eigenvalue weighted by Crippen LogP contribution is 2.34. The number of nitrogens with two attached hydrogens (primary N) is 1. The third-order valence-corrected chi connectivity index (χ3v) is 2.94. The topological polar surface area (TPSA) is 38.5 Å². The number of nitrogen functional groups attached to an aromatic ring is 1. The summed E-state index contributed by atoms with van der Waals surface area (Å²) in [6.45, 7) is 0.893. The molecule has 0 bridgehead atoms. The van der Waals surface area contributed by atoms with Crippen molar-refractivity contribution >= 4 is 11.4 Å². The number of ether oxygens (including phenoxy) is 1. The van der Waals surface area contributed by atoms with Crippen molar-refractivity contribution in [2.24, 2.45) is 5.92 Å². The van der Waals surface area contributed by atoms with Crippen LogP contribution in [0, 0.1) is 11.7 Å². The summed E-state index contributed by atoms with van der Waals surface area (Å²) < 4.78 is 18.8. The molecule has 1 aromatic carbocycles. The van der Waals surface area contributed by atoms with Gasteiger partial charge in [-0.25, -0.2) is 4.39 Å². The minimum Gasteiger partial charge on any atom is -0.495 e. The molecule has 0 radical (unpaired) electrons. The number of halogens is 1. The van der Waals surface area contributed by atoms with Crippen LogP contribution in [0.1, 0.15) is 12.8 Å². The largest absolute Gasteiger partial charge is 0.495 e. The van der Waals surface area contributed by atoms with E-state index in [1.807, 2.05) is 11.9 Å². The molecule has 88 valence electrons. The van der Waals surface area contributed by atoms with Gasteiger partial charge >= 0.3 is 0 Å². The van der Waals surface area contributed by atoms with E-state index in [0.717, 1.165) is 6.54 Å². The molecule has 0 unspecified atom stereocenters. The zero-order valence-electron chi connectivity index (χ0n) is 9.66. The van der Waals surface area contributed by atoms with E-state index in [2.05, 4.69) is 0 Å². The third kappa shape index (κ3) is 2.21. The van der Waals surface area contributed by atoms with Crippen LogP contribution in [-0.4, -0.2) is 20.7 Å². The Bertz CT molecular complexity index is 391. The number of hydrogen-bond acceptors (Lipinski definition) is 3. The van der Waals surface area contributed by atoms with Crippen LogP contribution in [-0.2, 0) is 0 Å². The molecule has 0 aromatic heterocycles. The molecule has 1 aliphatic carbocycles. The lowest BCUT2D eigenvalue weighted by molar-refractivity contribution is 0.416. The Morgan fingerprint density at radius 1 is 1.50 bits per heavy atom. The molecule has 4 heteroatoms. The van der Waals surface area contributed by atoms with Gasteiger partial charge in [-0.1, -0.05) is 0 Å². The second-order valence-electron chi connectivity index (χ2n) is 4.37. The maximum Gasteiger partial charge on any atom is 0.148 e. The zero-order chi connectivity index (χ0) is 11.7. The van der Waals surface area contributed by atoms with Gasteiger partial charge in [0.25, 0.3) is 0 Å². The minimum absolute atomic E-state index is 0.290. The quantitative estimate of drug-likeness (QED) is 0.797. The monoisotopic (exact) mass is 224 g/mol. The van der Waals surface area contributed by atoms with Crippen molar-refractivity contribution in [1.29, 1.82) is 0 Å². The van der Waals surface area contributed by atoms with E-state index in [0.29, 0.717) is 23.0 Å². The Morgan fingerprint density at radius 3 is 2.75 bits per heavy atom. The molecular weight excluding hydrogens is 207 g/mol. The lowest BCUT2D eigenvalue weighted by atomic mass is 10.2. The number of nitrogens with zero attached hydrogens (tertiary/aromatic N) is 1. The molecule has 2 N–H and O–H groups in total. The molecule has 2 rings (SSSR count). The Labute approximate surface area is 95.0 Å². The number of hydrogen-bond donors (Lipinski definition) is 1. The molecule has 3 nitrogen and oxygen atoms in total. The van der Waals surface area contributed by atoms with Crippen molar-refractivity contribution in [2.45, 2.75) is 12.8 Å². The van der Waals surface area contributed by atoms with Crippen LogP contribution in [0.4, 0.5) is 15.8 Å². The number of anilines is 2. The predicted molar refractivity (Wildman–Crippen MR) is 63.4 cm³/mol. The molecule has 1 fully saturated rings. The molecule has 16 heavy (non-hydrogen) atoms. The normalized spacial score (nSPS) is 14.9. The van der Waals surface area contributed by atoms with Gasteiger partial charge in [-0.05, 0) is 18.8 Å². The van der Waals surface area contributed by atoms with Crippen LogP contribution in [0.5, 0.6) is 5.75 Å². The van der Waals surface area contributed by atoms with E-state index in [1.165, 1.54) is 26.0 Å². The predicted octanol–water partition coefficient (Wildman–Crippen LogP) is 2.26. The third-order valence-electron chi connectivity index (χ3n) is 2.94. The summed E-state index contributed by atoms with van der Waals surface area (Å²) in [5, 5.41) is 0. The van der Waals surface area contributed by atoms with E-state index in [1.54, 1.807) is 6.07 Å². The number of benzene rings is 1. The number of rotatable bonds is 4. The van der Waals surface area contributed by atoms with E-state index < -0.39 is 0 Å². The fraction of sp³-hybridized carbons (Fsp3) is 0.500. The summed E-state index contributed by atoms with van der Waals surface area (Å²) in [6, 6.07) is 2.98. The van der Waals surface area contributed by atoms with Gasteiger partial charge in [0.1, 0.15) is 11.6 Å². The minimum atomic E-state index is -0.290. The van der Waals surface area contributed by atoms with Gasteiger partial charge in [-0.3, -0.25) is 0 Å².